The summed E-state index contributed by atoms with van der Waals surface area (Å²) in [7, 11) is 0. The first-order valence-corrected chi connectivity index (χ1v) is 4.69. The van der Waals surface area contributed by atoms with Crippen LogP contribution < -0.4 is 0 Å². The van der Waals surface area contributed by atoms with Crippen LogP contribution in [-0.2, 0) is 9.47 Å². The molecule has 2 fully saturated rings. The first-order chi connectivity index (χ1) is 5.33. The predicted octanol–water partition coefficient (Wildman–Crippen LogP) is 2.08. The average molecular weight is 156 g/mol. The lowest BCUT2D eigenvalue weighted by molar-refractivity contribution is 0.246. The van der Waals surface area contributed by atoms with E-state index in [0.717, 1.165) is 0 Å². The second-order valence-corrected chi connectivity index (χ2v) is 3.51. The normalized spacial score (nSPS) is 46.4. The Kier molecular flexibility index (Phi) is 1.69. The van der Waals surface area contributed by atoms with Gasteiger partial charge in [0.1, 0.15) is 12.2 Å². The van der Waals surface area contributed by atoms with E-state index in [-0.39, 0.29) is 5.79 Å². The Morgan fingerprint density at radius 2 is 1.45 bits per heavy atom. The molecule has 2 rings (SSSR count). The summed E-state index contributed by atoms with van der Waals surface area (Å²) < 4.78 is 11.0. The Balaban J connectivity index is 1.74. The Hall–Kier alpha value is -0.0800. The molecule has 0 bridgehead atoms. The van der Waals surface area contributed by atoms with Crippen LogP contribution in [0, 0.1) is 0 Å². The minimum Gasteiger partial charge on any atom is -0.336 e. The average Bonchev–Trinajstić information content (AvgIpc) is 2.80. The van der Waals surface area contributed by atoms with Gasteiger partial charge in [0.15, 0.2) is 0 Å². The second-order valence-electron chi connectivity index (χ2n) is 3.51. The van der Waals surface area contributed by atoms with Crippen molar-refractivity contribution in [3.8, 4) is 0 Å². The van der Waals surface area contributed by atoms with Crippen molar-refractivity contribution in [2.75, 3.05) is 0 Å². The van der Waals surface area contributed by atoms with Gasteiger partial charge in [-0.05, 0) is 12.8 Å². The maximum Gasteiger partial charge on any atom is 0.223 e. The number of hydrogen-bond donors (Lipinski definition) is 0. The van der Waals surface area contributed by atoms with Crippen molar-refractivity contribution in [2.45, 2.75) is 57.5 Å². The minimum absolute atomic E-state index is 0.0635. The topological polar surface area (TPSA) is 25.1 Å². The summed E-state index contributed by atoms with van der Waals surface area (Å²) in [4.78, 5) is 0. The van der Waals surface area contributed by atoms with Gasteiger partial charge >= 0.3 is 0 Å². The monoisotopic (exact) mass is 156 g/mol. The minimum atomic E-state index is -0.0635. The summed E-state index contributed by atoms with van der Waals surface area (Å²) in [6.07, 6.45) is 5.61. The molecule has 1 unspecified atom stereocenters. The third-order valence-corrected chi connectivity index (χ3v) is 2.54. The molecule has 2 heteroatoms. The molecular formula is C9H16O2. The van der Waals surface area contributed by atoms with E-state index < -0.39 is 0 Å². The van der Waals surface area contributed by atoms with E-state index >= 15 is 0 Å². The van der Waals surface area contributed by atoms with E-state index in [9.17, 15) is 0 Å². The maximum atomic E-state index is 5.50. The van der Waals surface area contributed by atoms with Gasteiger partial charge in [-0.1, -0.05) is 26.7 Å². The molecule has 2 aliphatic heterocycles. The van der Waals surface area contributed by atoms with E-state index in [4.69, 9.17) is 9.47 Å². The molecule has 2 aliphatic rings. The van der Waals surface area contributed by atoms with Gasteiger partial charge < -0.3 is 9.47 Å². The molecule has 0 aromatic heterocycles. The molecule has 0 aromatic rings. The van der Waals surface area contributed by atoms with Gasteiger partial charge in [0, 0.05) is 0 Å². The molecule has 0 amide bonds. The van der Waals surface area contributed by atoms with Gasteiger partial charge in [0.25, 0.3) is 0 Å². The molecule has 2 nitrogen and oxygen atoms in total. The zero-order valence-electron chi connectivity index (χ0n) is 7.30. The second kappa shape index (κ2) is 2.46. The predicted molar refractivity (Wildman–Crippen MR) is 42.3 cm³/mol. The van der Waals surface area contributed by atoms with Crippen LogP contribution in [0.25, 0.3) is 0 Å². The van der Waals surface area contributed by atoms with E-state index in [1.54, 1.807) is 0 Å². The number of ether oxygens (including phenoxy) is 2. The standard InChI is InChI=1S/C9H16O2/c1-3-5-7-9(10-7)8(11-9)6-4-2/h7-8H,3-6H2,1-2H3/t7-,8+,9?. The Morgan fingerprint density at radius 3 is 1.82 bits per heavy atom. The highest BCUT2D eigenvalue weighted by Gasteiger charge is 2.75. The van der Waals surface area contributed by atoms with E-state index in [1.807, 2.05) is 0 Å². The zero-order chi connectivity index (χ0) is 7.90. The fraction of sp³-hybridized carbons (Fsp3) is 1.00. The molecule has 2 saturated heterocycles. The van der Waals surface area contributed by atoms with Crippen LogP contribution >= 0.6 is 0 Å². The van der Waals surface area contributed by atoms with Crippen LogP contribution in [0.3, 0.4) is 0 Å². The van der Waals surface area contributed by atoms with Crippen LogP contribution in [0.1, 0.15) is 39.5 Å². The summed E-state index contributed by atoms with van der Waals surface area (Å²) in [5, 5.41) is 0. The molecule has 3 atom stereocenters. The van der Waals surface area contributed by atoms with E-state index in [1.165, 1.54) is 25.7 Å². The van der Waals surface area contributed by atoms with Crippen molar-refractivity contribution in [3.05, 3.63) is 0 Å². The molecule has 0 saturated carbocycles. The van der Waals surface area contributed by atoms with Crippen LogP contribution in [0.5, 0.6) is 0 Å². The van der Waals surface area contributed by atoms with E-state index in [2.05, 4.69) is 13.8 Å². The molecule has 0 aromatic carbocycles. The molecule has 0 radical (unpaired) electrons. The Labute approximate surface area is 67.9 Å². The Bertz CT molecular complexity index is 138. The van der Waals surface area contributed by atoms with Crippen molar-refractivity contribution >= 4 is 0 Å². The molecule has 2 heterocycles. The van der Waals surface area contributed by atoms with Crippen LogP contribution in [-0.4, -0.2) is 18.0 Å². The van der Waals surface area contributed by atoms with Gasteiger partial charge in [-0.25, -0.2) is 0 Å². The van der Waals surface area contributed by atoms with Gasteiger partial charge in [0.2, 0.25) is 5.79 Å². The molecule has 0 aliphatic carbocycles. The first-order valence-electron chi connectivity index (χ1n) is 4.69. The summed E-state index contributed by atoms with van der Waals surface area (Å²) in [5.41, 5.74) is 0. The molecule has 11 heavy (non-hydrogen) atoms. The lowest BCUT2D eigenvalue weighted by atomic mass is 10.1. The van der Waals surface area contributed by atoms with Crippen molar-refractivity contribution < 1.29 is 9.47 Å². The smallest absolute Gasteiger partial charge is 0.223 e. The summed E-state index contributed by atoms with van der Waals surface area (Å²) in [6.45, 7) is 4.37. The molecule has 1 spiro atoms. The van der Waals surface area contributed by atoms with Crippen molar-refractivity contribution in [2.24, 2.45) is 0 Å². The number of rotatable bonds is 4. The van der Waals surface area contributed by atoms with Crippen molar-refractivity contribution in [3.63, 3.8) is 0 Å². The van der Waals surface area contributed by atoms with E-state index in [0.29, 0.717) is 12.2 Å². The highest BCUT2D eigenvalue weighted by molar-refractivity contribution is 5.11. The maximum absolute atomic E-state index is 5.50. The SMILES string of the molecule is CCC[C@@H]1OC12O[C@@H]2CCC. The summed E-state index contributed by atoms with van der Waals surface area (Å²) in [6, 6.07) is 0. The molecule has 0 N–H and O–H groups in total. The van der Waals surface area contributed by atoms with Crippen molar-refractivity contribution in [1.82, 2.24) is 0 Å². The lowest BCUT2D eigenvalue weighted by Crippen LogP contribution is -1.99. The zero-order valence-corrected chi connectivity index (χ0v) is 7.30. The largest absolute Gasteiger partial charge is 0.336 e. The summed E-state index contributed by atoms with van der Waals surface area (Å²) >= 11 is 0. The van der Waals surface area contributed by atoms with Crippen LogP contribution in [0.4, 0.5) is 0 Å². The first kappa shape index (κ1) is 7.56. The fourth-order valence-corrected chi connectivity index (χ4v) is 1.81. The highest BCUT2D eigenvalue weighted by Crippen LogP contribution is 2.58. The molecular weight excluding hydrogens is 140 g/mol. The van der Waals surface area contributed by atoms with Crippen LogP contribution in [0.15, 0.2) is 0 Å². The van der Waals surface area contributed by atoms with Gasteiger partial charge in [-0.15, -0.1) is 0 Å². The van der Waals surface area contributed by atoms with Crippen LogP contribution in [0.2, 0.25) is 0 Å². The third-order valence-electron chi connectivity index (χ3n) is 2.54. The van der Waals surface area contributed by atoms with Gasteiger partial charge in [0.05, 0.1) is 0 Å². The fourth-order valence-electron chi connectivity index (χ4n) is 1.81. The summed E-state index contributed by atoms with van der Waals surface area (Å²) in [5.74, 6) is -0.0635. The number of epoxide rings is 2. The number of hydrogen-bond acceptors (Lipinski definition) is 2. The highest BCUT2D eigenvalue weighted by atomic mass is 16.9. The van der Waals surface area contributed by atoms with Crippen molar-refractivity contribution in [1.29, 1.82) is 0 Å². The third kappa shape index (κ3) is 1.09. The van der Waals surface area contributed by atoms with Gasteiger partial charge in [-0.3, -0.25) is 0 Å². The Morgan fingerprint density at radius 1 is 1.00 bits per heavy atom. The molecule has 64 valence electrons. The van der Waals surface area contributed by atoms with Gasteiger partial charge in [-0.2, -0.15) is 0 Å². The lowest BCUT2D eigenvalue weighted by Gasteiger charge is -1.84. The quantitative estimate of drug-likeness (QED) is 0.582.